The highest BCUT2D eigenvalue weighted by molar-refractivity contribution is 6.08. The SMILES string of the molecule is COc1cccc(OC)c1C(=O)Nc1ccc(-c2ccc3nncn3n2)cc1. The Hall–Kier alpha value is -3.94. The van der Waals surface area contributed by atoms with Crippen LogP contribution in [0.15, 0.2) is 60.9 Å². The quantitative estimate of drug-likeness (QED) is 0.576. The fourth-order valence-electron chi connectivity index (χ4n) is 2.88. The van der Waals surface area contributed by atoms with Gasteiger partial charge >= 0.3 is 0 Å². The van der Waals surface area contributed by atoms with Crippen molar-refractivity contribution in [3.8, 4) is 22.8 Å². The van der Waals surface area contributed by atoms with Gasteiger partial charge in [0.25, 0.3) is 5.91 Å². The monoisotopic (exact) mass is 375 g/mol. The van der Waals surface area contributed by atoms with Crippen molar-refractivity contribution in [1.82, 2.24) is 19.8 Å². The van der Waals surface area contributed by atoms with Crippen LogP contribution in [0.5, 0.6) is 11.5 Å². The third-order valence-corrected chi connectivity index (χ3v) is 4.26. The highest BCUT2D eigenvalue weighted by Crippen LogP contribution is 2.29. The number of benzene rings is 2. The number of hydrogen-bond acceptors (Lipinski definition) is 6. The summed E-state index contributed by atoms with van der Waals surface area (Å²) in [6.07, 6.45) is 1.55. The number of rotatable bonds is 5. The molecule has 8 nitrogen and oxygen atoms in total. The van der Waals surface area contributed by atoms with Crippen LogP contribution in [-0.2, 0) is 0 Å². The van der Waals surface area contributed by atoms with Crippen LogP contribution >= 0.6 is 0 Å². The normalized spacial score (nSPS) is 10.6. The Morgan fingerprint density at radius 2 is 1.68 bits per heavy atom. The summed E-state index contributed by atoms with van der Waals surface area (Å²) < 4.78 is 12.2. The van der Waals surface area contributed by atoms with Gasteiger partial charge in [0.1, 0.15) is 23.4 Å². The lowest BCUT2D eigenvalue weighted by Crippen LogP contribution is -2.14. The Balaban J connectivity index is 1.57. The van der Waals surface area contributed by atoms with E-state index >= 15 is 0 Å². The summed E-state index contributed by atoms with van der Waals surface area (Å²) in [6, 6.07) is 16.3. The minimum atomic E-state index is -0.314. The van der Waals surface area contributed by atoms with Crippen LogP contribution in [0.4, 0.5) is 5.69 Å². The Morgan fingerprint density at radius 3 is 2.36 bits per heavy atom. The van der Waals surface area contributed by atoms with Crippen molar-refractivity contribution in [1.29, 1.82) is 0 Å². The van der Waals surface area contributed by atoms with Crippen LogP contribution in [0.1, 0.15) is 10.4 Å². The molecule has 0 spiro atoms. The van der Waals surface area contributed by atoms with E-state index in [-0.39, 0.29) is 5.91 Å². The molecule has 4 rings (SSSR count). The third kappa shape index (κ3) is 3.23. The number of carbonyl (C=O) groups is 1. The van der Waals surface area contributed by atoms with Gasteiger partial charge in [0.15, 0.2) is 5.65 Å². The molecule has 0 bridgehead atoms. The van der Waals surface area contributed by atoms with E-state index in [1.165, 1.54) is 14.2 Å². The molecule has 0 saturated heterocycles. The van der Waals surface area contributed by atoms with Crippen molar-refractivity contribution in [3.05, 3.63) is 66.5 Å². The summed E-state index contributed by atoms with van der Waals surface area (Å²) >= 11 is 0. The lowest BCUT2D eigenvalue weighted by molar-refractivity contribution is 0.102. The number of hydrogen-bond donors (Lipinski definition) is 1. The summed E-state index contributed by atoms with van der Waals surface area (Å²) in [6.45, 7) is 0. The molecule has 1 amide bonds. The molecule has 0 saturated carbocycles. The molecular formula is C20H17N5O3. The molecule has 1 N–H and O–H groups in total. The largest absolute Gasteiger partial charge is 0.496 e. The van der Waals surface area contributed by atoms with Crippen molar-refractivity contribution in [3.63, 3.8) is 0 Å². The molecule has 0 aliphatic carbocycles. The Bertz CT molecular complexity index is 1120. The average molecular weight is 375 g/mol. The van der Waals surface area contributed by atoms with Gasteiger partial charge in [0.05, 0.1) is 19.9 Å². The van der Waals surface area contributed by atoms with E-state index in [1.54, 1.807) is 29.0 Å². The fourth-order valence-corrected chi connectivity index (χ4v) is 2.88. The molecule has 0 unspecified atom stereocenters. The Kier molecular flexibility index (Phi) is 4.59. The van der Waals surface area contributed by atoms with Gasteiger partial charge in [-0.05, 0) is 36.4 Å². The van der Waals surface area contributed by atoms with E-state index in [4.69, 9.17) is 9.47 Å². The molecule has 4 aromatic rings. The molecule has 0 fully saturated rings. The first-order valence-corrected chi connectivity index (χ1v) is 8.49. The first-order valence-electron chi connectivity index (χ1n) is 8.49. The summed E-state index contributed by atoms with van der Waals surface area (Å²) in [5.74, 6) is 0.575. The summed E-state index contributed by atoms with van der Waals surface area (Å²) in [7, 11) is 3.03. The molecule has 28 heavy (non-hydrogen) atoms. The zero-order chi connectivity index (χ0) is 19.5. The predicted octanol–water partition coefficient (Wildman–Crippen LogP) is 3.06. The van der Waals surface area contributed by atoms with E-state index in [0.717, 1.165) is 11.3 Å². The lowest BCUT2D eigenvalue weighted by Gasteiger charge is -2.13. The van der Waals surface area contributed by atoms with Crippen molar-refractivity contribution in [2.75, 3.05) is 19.5 Å². The molecule has 0 atom stereocenters. The van der Waals surface area contributed by atoms with Crippen molar-refractivity contribution in [2.45, 2.75) is 0 Å². The Labute approximate surface area is 160 Å². The van der Waals surface area contributed by atoms with Gasteiger partial charge in [0, 0.05) is 11.3 Å². The second-order valence-corrected chi connectivity index (χ2v) is 5.92. The van der Waals surface area contributed by atoms with Crippen LogP contribution in [0.25, 0.3) is 16.9 Å². The maximum atomic E-state index is 12.7. The van der Waals surface area contributed by atoms with Crippen molar-refractivity contribution < 1.29 is 14.3 Å². The highest BCUT2D eigenvalue weighted by atomic mass is 16.5. The number of anilines is 1. The number of carbonyl (C=O) groups excluding carboxylic acids is 1. The standard InChI is InChI=1S/C20H17N5O3/c1-27-16-4-3-5-17(28-2)19(16)20(26)22-14-8-6-13(7-9-14)15-10-11-18-23-21-12-25(18)24-15/h3-12H,1-2H3,(H,22,26). The van der Waals surface area contributed by atoms with E-state index in [1.807, 2.05) is 36.4 Å². The van der Waals surface area contributed by atoms with E-state index < -0.39 is 0 Å². The molecular weight excluding hydrogens is 358 g/mol. The number of fused-ring (bicyclic) bond motifs is 1. The van der Waals surface area contributed by atoms with Gasteiger partial charge in [-0.15, -0.1) is 10.2 Å². The van der Waals surface area contributed by atoms with Crippen LogP contribution < -0.4 is 14.8 Å². The number of nitrogens with one attached hydrogen (secondary N) is 1. The fraction of sp³-hybridized carbons (Fsp3) is 0.100. The van der Waals surface area contributed by atoms with Crippen LogP contribution in [0, 0.1) is 0 Å². The number of aromatic nitrogens is 4. The summed E-state index contributed by atoms with van der Waals surface area (Å²) in [5, 5.41) is 15.1. The molecule has 2 aromatic heterocycles. The van der Waals surface area contributed by atoms with Crippen LogP contribution in [-0.4, -0.2) is 39.9 Å². The van der Waals surface area contributed by atoms with E-state index in [0.29, 0.717) is 28.4 Å². The number of amides is 1. The molecule has 0 aliphatic rings. The van der Waals surface area contributed by atoms with Gasteiger partial charge in [-0.1, -0.05) is 18.2 Å². The average Bonchev–Trinajstić information content (AvgIpc) is 3.21. The molecule has 8 heteroatoms. The number of ether oxygens (including phenoxy) is 2. The summed E-state index contributed by atoms with van der Waals surface area (Å²) in [5.41, 5.74) is 3.35. The minimum Gasteiger partial charge on any atom is -0.496 e. The lowest BCUT2D eigenvalue weighted by atomic mass is 10.1. The summed E-state index contributed by atoms with van der Waals surface area (Å²) in [4.78, 5) is 12.7. The molecule has 2 heterocycles. The zero-order valence-corrected chi connectivity index (χ0v) is 15.3. The molecule has 140 valence electrons. The van der Waals surface area contributed by atoms with Crippen LogP contribution in [0.2, 0.25) is 0 Å². The first kappa shape index (κ1) is 17.5. The molecule has 0 aliphatic heterocycles. The number of methoxy groups -OCH3 is 2. The molecule has 0 radical (unpaired) electrons. The zero-order valence-electron chi connectivity index (χ0n) is 15.3. The maximum Gasteiger partial charge on any atom is 0.263 e. The van der Waals surface area contributed by atoms with Gasteiger partial charge in [0.2, 0.25) is 0 Å². The van der Waals surface area contributed by atoms with Gasteiger partial charge in [-0.3, -0.25) is 4.79 Å². The third-order valence-electron chi connectivity index (χ3n) is 4.26. The predicted molar refractivity (Wildman–Crippen MR) is 104 cm³/mol. The van der Waals surface area contributed by atoms with Gasteiger partial charge in [-0.2, -0.15) is 9.61 Å². The van der Waals surface area contributed by atoms with Crippen molar-refractivity contribution in [2.24, 2.45) is 0 Å². The smallest absolute Gasteiger partial charge is 0.263 e. The molecule has 2 aromatic carbocycles. The van der Waals surface area contributed by atoms with E-state index in [2.05, 4.69) is 20.6 Å². The maximum absolute atomic E-state index is 12.7. The van der Waals surface area contributed by atoms with Gasteiger partial charge < -0.3 is 14.8 Å². The second kappa shape index (κ2) is 7.36. The van der Waals surface area contributed by atoms with Crippen LogP contribution in [0.3, 0.4) is 0 Å². The highest BCUT2D eigenvalue weighted by Gasteiger charge is 2.18. The van der Waals surface area contributed by atoms with Gasteiger partial charge in [-0.25, -0.2) is 0 Å². The first-order chi connectivity index (χ1) is 13.7. The topological polar surface area (TPSA) is 90.6 Å². The van der Waals surface area contributed by atoms with E-state index in [9.17, 15) is 4.79 Å². The number of nitrogens with zero attached hydrogens (tertiary/aromatic N) is 4. The van der Waals surface area contributed by atoms with Crippen molar-refractivity contribution >= 4 is 17.2 Å². The minimum absolute atomic E-state index is 0.314. The second-order valence-electron chi connectivity index (χ2n) is 5.92. The Morgan fingerprint density at radius 1 is 0.964 bits per heavy atom.